The maximum atomic E-state index is 12.5. The summed E-state index contributed by atoms with van der Waals surface area (Å²) in [4.78, 5) is 1.03. The van der Waals surface area contributed by atoms with Crippen LogP contribution in [-0.4, -0.2) is 11.8 Å². The van der Waals surface area contributed by atoms with Crippen LogP contribution in [0, 0.1) is 5.82 Å². The molecule has 1 aromatic carbocycles. The summed E-state index contributed by atoms with van der Waals surface area (Å²) in [5.41, 5.74) is 5.64. The number of thioether (sulfide) groups is 1. The Bertz CT molecular complexity index is 271. The smallest absolute Gasteiger partial charge is 0.123 e. The average molecular weight is 197 g/mol. The van der Waals surface area contributed by atoms with E-state index >= 15 is 0 Å². The average Bonchev–Trinajstić information content (AvgIpc) is 2.16. The minimum Gasteiger partial charge on any atom is -0.324 e. The summed E-state index contributed by atoms with van der Waals surface area (Å²) < 4.78 is 12.5. The molecule has 0 saturated carbocycles. The Morgan fingerprint density at radius 2 is 2.08 bits per heavy atom. The lowest BCUT2D eigenvalue weighted by Gasteiger charge is -2.04. The molecule has 1 rings (SSSR count). The van der Waals surface area contributed by atoms with Crippen LogP contribution < -0.4 is 5.73 Å². The minimum atomic E-state index is -0.211. The van der Waals surface area contributed by atoms with Crippen LogP contribution in [0.2, 0.25) is 0 Å². The fourth-order valence-corrected chi connectivity index (χ4v) is 1.64. The summed E-state index contributed by atoms with van der Waals surface area (Å²) in [7, 11) is 0. The molecule has 1 unspecified atom stereocenters. The van der Waals surface area contributed by atoms with Gasteiger partial charge in [0, 0.05) is 16.7 Å². The van der Waals surface area contributed by atoms with Crippen molar-refractivity contribution in [2.45, 2.75) is 10.9 Å². The molecule has 0 aliphatic heterocycles. The molecule has 0 radical (unpaired) electrons. The molecule has 0 aliphatic rings. The van der Waals surface area contributed by atoms with E-state index in [0.29, 0.717) is 0 Å². The van der Waals surface area contributed by atoms with Gasteiger partial charge in [0.15, 0.2) is 0 Å². The zero-order chi connectivity index (χ0) is 9.68. The minimum absolute atomic E-state index is 0.00458. The summed E-state index contributed by atoms with van der Waals surface area (Å²) in [5.74, 6) is 0.562. The molecule has 1 atom stereocenters. The summed E-state index contributed by atoms with van der Waals surface area (Å²) in [5, 5.41) is 0. The van der Waals surface area contributed by atoms with Crippen LogP contribution in [-0.2, 0) is 0 Å². The third kappa shape index (κ3) is 3.61. The van der Waals surface area contributed by atoms with Gasteiger partial charge in [-0.05, 0) is 24.3 Å². The molecular formula is C10H12FNS. The SMILES string of the molecule is C=CC(N)CSc1ccc(F)cc1. The number of halogens is 1. The van der Waals surface area contributed by atoms with Gasteiger partial charge in [-0.1, -0.05) is 6.08 Å². The second-order valence-corrected chi connectivity index (χ2v) is 3.76. The van der Waals surface area contributed by atoms with Crippen molar-refractivity contribution in [3.05, 3.63) is 42.7 Å². The van der Waals surface area contributed by atoms with Crippen LogP contribution in [0.1, 0.15) is 0 Å². The predicted molar refractivity (Wildman–Crippen MR) is 55.3 cm³/mol. The zero-order valence-electron chi connectivity index (χ0n) is 7.24. The van der Waals surface area contributed by atoms with Gasteiger partial charge < -0.3 is 5.73 Å². The van der Waals surface area contributed by atoms with Crippen molar-refractivity contribution in [2.24, 2.45) is 5.73 Å². The predicted octanol–water partition coefficient (Wildman–Crippen LogP) is 2.43. The van der Waals surface area contributed by atoms with Crippen LogP contribution in [0.4, 0.5) is 4.39 Å². The summed E-state index contributed by atoms with van der Waals surface area (Å²) in [6.45, 7) is 3.59. The third-order valence-corrected chi connectivity index (χ3v) is 2.72. The highest BCUT2D eigenvalue weighted by Gasteiger charge is 1.98. The first-order valence-electron chi connectivity index (χ1n) is 3.99. The van der Waals surface area contributed by atoms with Gasteiger partial charge in [0.2, 0.25) is 0 Å². The number of hydrogen-bond donors (Lipinski definition) is 1. The molecule has 0 fully saturated rings. The number of nitrogens with two attached hydrogens (primary N) is 1. The lowest BCUT2D eigenvalue weighted by atomic mass is 10.3. The number of hydrogen-bond acceptors (Lipinski definition) is 2. The fourth-order valence-electron chi connectivity index (χ4n) is 0.791. The van der Waals surface area contributed by atoms with E-state index < -0.39 is 0 Å². The molecule has 0 heterocycles. The van der Waals surface area contributed by atoms with Gasteiger partial charge in [0.25, 0.3) is 0 Å². The van der Waals surface area contributed by atoms with Gasteiger partial charge in [0.05, 0.1) is 0 Å². The van der Waals surface area contributed by atoms with Gasteiger partial charge in [-0.25, -0.2) is 4.39 Å². The molecule has 0 aromatic heterocycles. The Balaban J connectivity index is 2.45. The van der Waals surface area contributed by atoms with Crippen molar-refractivity contribution < 1.29 is 4.39 Å². The third-order valence-electron chi connectivity index (χ3n) is 1.56. The van der Waals surface area contributed by atoms with Crippen molar-refractivity contribution in [3.63, 3.8) is 0 Å². The molecule has 70 valence electrons. The van der Waals surface area contributed by atoms with Gasteiger partial charge in [-0.3, -0.25) is 0 Å². The van der Waals surface area contributed by atoms with Gasteiger partial charge in [0.1, 0.15) is 5.82 Å². The Labute approximate surface area is 81.8 Å². The van der Waals surface area contributed by atoms with E-state index in [-0.39, 0.29) is 11.9 Å². The normalized spacial score (nSPS) is 12.5. The van der Waals surface area contributed by atoms with Crippen LogP contribution >= 0.6 is 11.8 Å². The lowest BCUT2D eigenvalue weighted by Crippen LogP contribution is -2.18. The standard InChI is InChI=1S/C10H12FNS/c1-2-9(12)7-13-10-5-3-8(11)4-6-10/h2-6,9H,1,7,12H2. The molecule has 2 N–H and O–H groups in total. The molecule has 0 amide bonds. The van der Waals surface area contributed by atoms with Crippen molar-refractivity contribution in [2.75, 3.05) is 5.75 Å². The maximum Gasteiger partial charge on any atom is 0.123 e. The Morgan fingerprint density at radius 1 is 1.46 bits per heavy atom. The summed E-state index contributed by atoms with van der Waals surface area (Å²) in [6, 6.07) is 6.38. The highest BCUT2D eigenvalue weighted by molar-refractivity contribution is 7.99. The summed E-state index contributed by atoms with van der Waals surface area (Å²) in [6.07, 6.45) is 1.70. The monoisotopic (exact) mass is 197 g/mol. The van der Waals surface area contributed by atoms with E-state index in [4.69, 9.17) is 5.73 Å². The van der Waals surface area contributed by atoms with E-state index in [2.05, 4.69) is 6.58 Å². The Morgan fingerprint density at radius 3 is 2.62 bits per heavy atom. The van der Waals surface area contributed by atoms with Crippen molar-refractivity contribution in [3.8, 4) is 0 Å². The molecule has 1 nitrogen and oxygen atoms in total. The van der Waals surface area contributed by atoms with E-state index in [1.807, 2.05) is 0 Å². The first kappa shape index (κ1) is 10.3. The van der Waals surface area contributed by atoms with Crippen molar-refractivity contribution in [1.29, 1.82) is 0 Å². The zero-order valence-corrected chi connectivity index (χ0v) is 8.06. The molecule has 0 saturated heterocycles. The van der Waals surface area contributed by atoms with Gasteiger partial charge in [-0.15, -0.1) is 18.3 Å². The molecule has 3 heteroatoms. The van der Waals surface area contributed by atoms with Crippen LogP contribution in [0.15, 0.2) is 41.8 Å². The quantitative estimate of drug-likeness (QED) is 0.592. The fraction of sp³-hybridized carbons (Fsp3) is 0.200. The van der Waals surface area contributed by atoms with Gasteiger partial charge in [-0.2, -0.15) is 0 Å². The Hall–Kier alpha value is -0.800. The van der Waals surface area contributed by atoms with Crippen LogP contribution in [0.25, 0.3) is 0 Å². The second kappa shape index (κ2) is 5.04. The van der Waals surface area contributed by atoms with Crippen LogP contribution in [0.3, 0.4) is 0 Å². The molecular weight excluding hydrogens is 185 g/mol. The lowest BCUT2D eigenvalue weighted by molar-refractivity contribution is 0.626. The topological polar surface area (TPSA) is 26.0 Å². The highest BCUT2D eigenvalue weighted by Crippen LogP contribution is 2.18. The van der Waals surface area contributed by atoms with Gasteiger partial charge >= 0.3 is 0 Å². The van der Waals surface area contributed by atoms with E-state index in [1.54, 1.807) is 30.0 Å². The first-order valence-corrected chi connectivity index (χ1v) is 4.97. The first-order chi connectivity index (χ1) is 6.22. The Kier molecular flexibility index (Phi) is 3.99. The number of rotatable bonds is 4. The molecule has 0 aliphatic carbocycles. The van der Waals surface area contributed by atoms with Crippen molar-refractivity contribution in [1.82, 2.24) is 0 Å². The second-order valence-electron chi connectivity index (χ2n) is 2.66. The van der Waals surface area contributed by atoms with E-state index in [0.717, 1.165) is 10.6 Å². The van der Waals surface area contributed by atoms with Crippen molar-refractivity contribution >= 4 is 11.8 Å². The largest absolute Gasteiger partial charge is 0.324 e. The molecule has 13 heavy (non-hydrogen) atoms. The molecule has 1 aromatic rings. The maximum absolute atomic E-state index is 12.5. The molecule has 0 spiro atoms. The number of benzene rings is 1. The van der Waals surface area contributed by atoms with E-state index in [1.165, 1.54) is 12.1 Å². The molecule has 0 bridgehead atoms. The highest BCUT2D eigenvalue weighted by atomic mass is 32.2. The van der Waals surface area contributed by atoms with E-state index in [9.17, 15) is 4.39 Å². The van der Waals surface area contributed by atoms with Crippen LogP contribution in [0.5, 0.6) is 0 Å². The summed E-state index contributed by atoms with van der Waals surface area (Å²) >= 11 is 1.60.